The van der Waals surface area contributed by atoms with Gasteiger partial charge in [0.05, 0.1) is 0 Å². The van der Waals surface area contributed by atoms with Crippen molar-refractivity contribution >= 4 is 23.6 Å². The van der Waals surface area contributed by atoms with E-state index in [9.17, 15) is 9.59 Å². The van der Waals surface area contributed by atoms with Gasteiger partial charge in [0.2, 0.25) is 6.08 Å². The molecule has 8 heavy (non-hydrogen) atoms. The van der Waals surface area contributed by atoms with Gasteiger partial charge in [0.1, 0.15) is 0 Å². The molecule has 0 fully saturated rings. The van der Waals surface area contributed by atoms with Crippen molar-refractivity contribution in [3.8, 4) is 0 Å². The topological polar surface area (TPSA) is 46.5 Å². The van der Waals surface area contributed by atoms with Crippen LogP contribution in [0.25, 0.3) is 0 Å². The van der Waals surface area contributed by atoms with Gasteiger partial charge in [0.25, 0.3) is 5.91 Å². The molecule has 3 nitrogen and oxygen atoms in total. The molecule has 0 aromatic rings. The molecule has 1 amide bonds. The molecule has 0 aliphatic rings. The van der Waals surface area contributed by atoms with Gasteiger partial charge < -0.3 is 0 Å². The van der Waals surface area contributed by atoms with Crippen LogP contribution >= 0.6 is 11.6 Å². The molecule has 0 aliphatic carbocycles. The lowest BCUT2D eigenvalue weighted by molar-refractivity contribution is -0.117. The van der Waals surface area contributed by atoms with Gasteiger partial charge >= 0.3 is 0 Å². The summed E-state index contributed by atoms with van der Waals surface area (Å²) >= 11 is 5.12. The van der Waals surface area contributed by atoms with Crippen LogP contribution in [0.1, 0.15) is 6.42 Å². The molecule has 0 atom stereocenters. The number of hydrogen-bond donors (Lipinski definition) is 0. The van der Waals surface area contributed by atoms with Crippen molar-refractivity contribution in [3.05, 3.63) is 0 Å². The Morgan fingerprint density at radius 2 is 2.38 bits per heavy atom. The molecule has 0 aromatic carbocycles. The van der Waals surface area contributed by atoms with Gasteiger partial charge in [-0.1, -0.05) is 0 Å². The molecular weight excluding hydrogens is 130 g/mol. The van der Waals surface area contributed by atoms with Crippen LogP contribution in [0.15, 0.2) is 4.99 Å². The zero-order chi connectivity index (χ0) is 6.41. The first-order chi connectivity index (χ1) is 3.81. The first kappa shape index (κ1) is 7.34. The van der Waals surface area contributed by atoms with Crippen molar-refractivity contribution in [2.24, 2.45) is 4.99 Å². The fourth-order valence-corrected chi connectivity index (χ4v) is 0.349. The highest BCUT2D eigenvalue weighted by Crippen LogP contribution is 1.85. The minimum Gasteiger partial charge on any atom is -0.272 e. The van der Waals surface area contributed by atoms with E-state index < -0.39 is 5.91 Å². The van der Waals surface area contributed by atoms with Gasteiger partial charge in [0, 0.05) is 12.3 Å². The third kappa shape index (κ3) is 3.53. The summed E-state index contributed by atoms with van der Waals surface area (Å²) < 4.78 is 0. The second-order valence-electron chi connectivity index (χ2n) is 1.04. The van der Waals surface area contributed by atoms with Crippen LogP contribution < -0.4 is 0 Å². The molecule has 4 heteroatoms. The van der Waals surface area contributed by atoms with Gasteiger partial charge in [0.15, 0.2) is 0 Å². The van der Waals surface area contributed by atoms with E-state index in [1.54, 1.807) is 0 Å². The standard InChI is InChI=1S/C4H4ClNO2/c5-2-1-4(8)6-3-7/h1-2H2. The Hall–Kier alpha value is -0.660. The average Bonchev–Trinajstić information content (AvgIpc) is 1.68. The van der Waals surface area contributed by atoms with Crippen molar-refractivity contribution in [1.29, 1.82) is 0 Å². The number of carbonyl (C=O) groups excluding carboxylic acids is 2. The highest BCUT2D eigenvalue weighted by atomic mass is 35.5. The summed E-state index contributed by atoms with van der Waals surface area (Å²) in [5.74, 6) is -0.320. The van der Waals surface area contributed by atoms with E-state index in [1.807, 2.05) is 0 Å². The molecule has 0 aliphatic heterocycles. The molecular formula is C4H4ClNO2. The number of alkyl halides is 1. The highest BCUT2D eigenvalue weighted by molar-refractivity contribution is 6.19. The number of rotatable bonds is 2. The smallest absolute Gasteiger partial charge is 0.257 e. The summed E-state index contributed by atoms with van der Waals surface area (Å²) in [4.78, 5) is 22.2. The number of aliphatic imine (C=N–C) groups is 1. The first-order valence-electron chi connectivity index (χ1n) is 1.98. The van der Waals surface area contributed by atoms with E-state index in [0.717, 1.165) is 6.08 Å². The van der Waals surface area contributed by atoms with E-state index in [-0.39, 0.29) is 12.3 Å². The number of isocyanates is 1. The van der Waals surface area contributed by atoms with Gasteiger partial charge in [-0.15, -0.1) is 16.6 Å². The van der Waals surface area contributed by atoms with Crippen LogP contribution in [0.4, 0.5) is 0 Å². The van der Waals surface area contributed by atoms with E-state index in [4.69, 9.17) is 11.6 Å². The molecule has 0 radical (unpaired) electrons. The van der Waals surface area contributed by atoms with Crippen molar-refractivity contribution in [2.75, 3.05) is 5.88 Å². The Balaban J connectivity index is 3.49. The predicted molar refractivity (Wildman–Crippen MR) is 28.5 cm³/mol. The molecule has 0 unspecified atom stereocenters. The molecule has 44 valence electrons. The number of nitrogens with zero attached hydrogens (tertiary/aromatic N) is 1. The lowest BCUT2D eigenvalue weighted by atomic mass is 10.5. The number of halogens is 1. The molecule has 0 saturated carbocycles. The number of amides is 1. The quantitative estimate of drug-likeness (QED) is 0.313. The Morgan fingerprint density at radius 1 is 1.75 bits per heavy atom. The van der Waals surface area contributed by atoms with Gasteiger partial charge in [-0.05, 0) is 0 Å². The zero-order valence-corrected chi connectivity index (χ0v) is 4.81. The fraction of sp³-hybridized carbons (Fsp3) is 0.500. The average molecular weight is 134 g/mol. The Labute approximate surface area is 51.4 Å². The maximum Gasteiger partial charge on any atom is 0.257 e. The summed E-state index contributed by atoms with van der Waals surface area (Å²) in [5.41, 5.74) is 0. The molecule has 0 saturated heterocycles. The molecule has 0 bridgehead atoms. The van der Waals surface area contributed by atoms with Crippen LogP contribution in [0, 0.1) is 0 Å². The van der Waals surface area contributed by atoms with Crippen molar-refractivity contribution in [1.82, 2.24) is 0 Å². The minimum absolute atomic E-state index is 0.108. The van der Waals surface area contributed by atoms with Crippen molar-refractivity contribution in [3.63, 3.8) is 0 Å². The first-order valence-corrected chi connectivity index (χ1v) is 2.51. The Morgan fingerprint density at radius 3 is 2.75 bits per heavy atom. The maximum absolute atomic E-state index is 10.1. The molecule has 0 aromatic heterocycles. The van der Waals surface area contributed by atoms with Crippen LogP contribution in [0.2, 0.25) is 0 Å². The van der Waals surface area contributed by atoms with Crippen molar-refractivity contribution in [2.45, 2.75) is 6.42 Å². The lowest BCUT2D eigenvalue weighted by Crippen LogP contribution is -1.91. The second-order valence-corrected chi connectivity index (χ2v) is 1.41. The largest absolute Gasteiger partial charge is 0.272 e. The van der Waals surface area contributed by atoms with E-state index in [0.29, 0.717) is 0 Å². The molecule has 0 spiro atoms. The third-order valence-corrected chi connectivity index (χ3v) is 0.668. The summed E-state index contributed by atoms with van der Waals surface area (Å²) in [6.07, 6.45) is 1.23. The molecule has 0 heterocycles. The van der Waals surface area contributed by atoms with Gasteiger partial charge in [-0.25, -0.2) is 4.79 Å². The van der Waals surface area contributed by atoms with Crippen LogP contribution in [-0.4, -0.2) is 17.9 Å². The highest BCUT2D eigenvalue weighted by Gasteiger charge is 1.93. The number of hydrogen-bond acceptors (Lipinski definition) is 2. The predicted octanol–water partition coefficient (Wildman–Crippen LogP) is 0.478. The zero-order valence-electron chi connectivity index (χ0n) is 4.06. The monoisotopic (exact) mass is 133 g/mol. The maximum atomic E-state index is 10.1. The number of carbonyl (C=O) groups is 1. The summed E-state index contributed by atoms with van der Waals surface area (Å²) in [7, 11) is 0. The Kier molecular flexibility index (Phi) is 4.13. The SMILES string of the molecule is O=C=NC(=O)CCCl. The van der Waals surface area contributed by atoms with E-state index >= 15 is 0 Å². The molecule has 0 rings (SSSR count). The van der Waals surface area contributed by atoms with Crippen LogP contribution in [0.5, 0.6) is 0 Å². The minimum atomic E-state index is -0.519. The van der Waals surface area contributed by atoms with Gasteiger partial charge in [-0.3, -0.25) is 4.79 Å². The molecule has 0 N–H and O–H groups in total. The van der Waals surface area contributed by atoms with Gasteiger partial charge in [-0.2, -0.15) is 0 Å². The normalized spacial score (nSPS) is 7.62. The Bertz CT molecular complexity index is 128. The van der Waals surface area contributed by atoms with E-state index in [1.165, 1.54) is 0 Å². The summed E-state index contributed by atoms with van der Waals surface area (Å²) in [6, 6.07) is 0. The lowest BCUT2D eigenvalue weighted by Gasteiger charge is -1.79. The summed E-state index contributed by atoms with van der Waals surface area (Å²) in [6.45, 7) is 0. The fourth-order valence-electron chi connectivity index (χ4n) is 0.188. The van der Waals surface area contributed by atoms with Crippen molar-refractivity contribution < 1.29 is 9.59 Å². The van der Waals surface area contributed by atoms with Crippen LogP contribution in [-0.2, 0) is 9.59 Å². The second kappa shape index (κ2) is 4.50. The van der Waals surface area contributed by atoms with E-state index in [2.05, 4.69) is 4.99 Å². The third-order valence-electron chi connectivity index (χ3n) is 0.479. The summed E-state index contributed by atoms with van der Waals surface area (Å²) in [5, 5.41) is 0. The van der Waals surface area contributed by atoms with Crippen LogP contribution in [0.3, 0.4) is 0 Å².